The fourth-order valence-electron chi connectivity index (χ4n) is 2.10. The molecule has 0 atom stereocenters. The third kappa shape index (κ3) is 4.07. The molecule has 0 amide bonds. The summed E-state index contributed by atoms with van der Waals surface area (Å²) in [5, 5.41) is 0. The smallest absolute Gasteiger partial charge is 0.0401 e. The lowest BCUT2D eigenvalue weighted by molar-refractivity contribution is 0.626. The molecule has 0 bridgehead atoms. The van der Waals surface area contributed by atoms with E-state index in [2.05, 4.69) is 56.9 Å². The molecule has 1 heteroatoms. The van der Waals surface area contributed by atoms with Crippen molar-refractivity contribution in [3.8, 4) is 0 Å². The van der Waals surface area contributed by atoms with Crippen LogP contribution in [-0.4, -0.2) is 12.6 Å². The zero-order chi connectivity index (χ0) is 12.7. The molecule has 17 heavy (non-hydrogen) atoms. The number of nitrogens with zero attached hydrogens (tertiary/aromatic N) is 1. The predicted molar refractivity (Wildman–Crippen MR) is 77.8 cm³/mol. The zero-order valence-corrected chi connectivity index (χ0v) is 11.9. The van der Waals surface area contributed by atoms with E-state index in [1.807, 2.05) is 0 Å². The molecular weight excluding hydrogens is 206 g/mol. The number of fused-ring (bicyclic) bond motifs is 1. The number of anilines is 1. The second-order valence-electron chi connectivity index (χ2n) is 5.02. The van der Waals surface area contributed by atoms with Gasteiger partial charge in [0.05, 0.1) is 0 Å². The fourth-order valence-corrected chi connectivity index (χ4v) is 2.10. The number of benzene rings is 1. The van der Waals surface area contributed by atoms with Crippen LogP contribution in [0.25, 0.3) is 0 Å². The minimum absolute atomic E-state index is 0.626. The van der Waals surface area contributed by atoms with Gasteiger partial charge in [-0.2, -0.15) is 0 Å². The molecule has 1 aliphatic rings. The maximum Gasteiger partial charge on any atom is 0.0401 e. The number of hydrogen-bond acceptors (Lipinski definition) is 1. The molecule has 0 fully saturated rings. The molecule has 1 aromatic carbocycles. The summed E-state index contributed by atoms with van der Waals surface area (Å²) in [5.74, 6) is 0. The van der Waals surface area contributed by atoms with Gasteiger partial charge in [0, 0.05) is 18.3 Å². The van der Waals surface area contributed by atoms with Gasteiger partial charge in [-0.15, -0.1) is 0 Å². The second kappa shape index (κ2) is 7.37. The highest BCUT2D eigenvalue weighted by Gasteiger charge is 2.17. The van der Waals surface area contributed by atoms with Crippen molar-refractivity contribution >= 4 is 5.69 Å². The van der Waals surface area contributed by atoms with Crippen molar-refractivity contribution in [2.24, 2.45) is 0 Å². The van der Waals surface area contributed by atoms with Crippen LogP contribution >= 0.6 is 0 Å². The van der Waals surface area contributed by atoms with Crippen LogP contribution in [0.4, 0.5) is 5.69 Å². The molecule has 1 nitrogen and oxygen atoms in total. The lowest BCUT2D eigenvalue weighted by atomic mass is 10.0. The lowest BCUT2D eigenvalue weighted by Crippen LogP contribution is -2.35. The Morgan fingerprint density at radius 3 is 2.35 bits per heavy atom. The Morgan fingerprint density at radius 2 is 1.76 bits per heavy atom. The van der Waals surface area contributed by atoms with E-state index in [1.54, 1.807) is 0 Å². The summed E-state index contributed by atoms with van der Waals surface area (Å²) < 4.78 is 0. The molecule has 0 saturated carbocycles. The van der Waals surface area contributed by atoms with E-state index in [-0.39, 0.29) is 0 Å². The van der Waals surface area contributed by atoms with Crippen LogP contribution in [-0.2, 0) is 6.42 Å². The van der Waals surface area contributed by atoms with Gasteiger partial charge in [0.15, 0.2) is 0 Å². The van der Waals surface area contributed by atoms with Gasteiger partial charge >= 0.3 is 0 Å². The second-order valence-corrected chi connectivity index (χ2v) is 5.02. The van der Waals surface area contributed by atoms with Gasteiger partial charge in [-0.3, -0.25) is 0 Å². The average Bonchev–Trinajstić information content (AvgIpc) is 2.38. The molecule has 0 aromatic heterocycles. The molecule has 2 rings (SSSR count). The van der Waals surface area contributed by atoms with Crippen molar-refractivity contribution in [2.45, 2.75) is 59.4 Å². The lowest BCUT2D eigenvalue weighted by Gasteiger charge is -2.34. The van der Waals surface area contributed by atoms with Crippen LogP contribution in [0.3, 0.4) is 0 Å². The Balaban J connectivity index is 0.000000317. The number of hydrogen-bond donors (Lipinski definition) is 0. The Hall–Kier alpha value is -0.980. The normalized spacial score (nSPS) is 14.1. The number of aryl methyl sites for hydroxylation is 1. The van der Waals surface area contributed by atoms with Crippen LogP contribution in [0.5, 0.6) is 0 Å². The highest BCUT2D eigenvalue weighted by Crippen LogP contribution is 2.27. The molecule has 0 saturated heterocycles. The van der Waals surface area contributed by atoms with E-state index < -0.39 is 0 Å². The van der Waals surface area contributed by atoms with Gasteiger partial charge in [-0.1, -0.05) is 44.9 Å². The molecule has 96 valence electrons. The van der Waals surface area contributed by atoms with Gasteiger partial charge in [0.1, 0.15) is 0 Å². The summed E-state index contributed by atoms with van der Waals surface area (Å²) in [4.78, 5) is 2.50. The van der Waals surface area contributed by atoms with Crippen molar-refractivity contribution in [3.05, 3.63) is 29.8 Å². The minimum Gasteiger partial charge on any atom is -0.369 e. The standard InChI is InChI=1S/C12H17N.C4H10/c1-10(2)13-9-5-7-11-6-3-4-8-12(11)13;1-3-4-2/h3-4,6,8,10H,5,7,9H2,1-2H3;3-4H2,1-2H3. The Labute approximate surface area is 107 Å². The first kappa shape index (κ1) is 14.1. The van der Waals surface area contributed by atoms with Gasteiger partial charge in [0.25, 0.3) is 0 Å². The van der Waals surface area contributed by atoms with Crippen LogP contribution < -0.4 is 4.90 Å². The van der Waals surface area contributed by atoms with Crippen LogP contribution in [0, 0.1) is 0 Å². The van der Waals surface area contributed by atoms with Gasteiger partial charge < -0.3 is 4.90 Å². The van der Waals surface area contributed by atoms with E-state index in [0.717, 1.165) is 0 Å². The van der Waals surface area contributed by atoms with E-state index >= 15 is 0 Å². The highest BCUT2D eigenvalue weighted by molar-refractivity contribution is 5.55. The quantitative estimate of drug-likeness (QED) is 0.718. The maximum atomic E-state index is 2.50. The summed E-state index contributed by atoms with van der Waals surface area (Å²) in [5.41, 5.74) is 2.96. The van der Waals surface area contributed by atoms with E-state index in [9.17, 15) is 0 Å². The molecule has 0 aliphatic carbocycles. The molecule has 0 spiro atoms. The molecule has 1 heterocycles. The molecular formula is C16H27N. The fraction of sp³-hybridized carbons (Fsp3) is 0.625. The van der Waals surface area contributed by atoms with Crippen molar-refractivity contribution in [1.82, 2.24) is 0 Å². The van der Waals surface area contributed by atoms with Crippen molar-refractivity contribution in [3.63, 3.8) is 0 Å². The first-order valence-corrected chi connectivity index (χ1v) is 7.05. The van der Waals surface area contributed by atoms with Gasteiger partial charge in [-0.05, 0) is 38.3 Å². The summed E-state index contributed by atoms with van der Waals surface area (Å²) in [7, 11) is 0. The minimum atomic E-state index is 0.626. The summed E-state index contributed by atoms with van der Waals surface area (Å²) >= 11 is 0. The van der Waals surface area contributed by atoms with E-state index in [4.69, 9.17) is 0 Å². The third-order valence-electron chi connectivity index (χ3n) is 3.27. The first-order valence-electron chi connectivity index (χ1n) is 7.05. The number of unbranched alkanes of at least 4 members (excludes halogenated alkanes) is 1. The molecule has 0 N–H and O–H groups in total. The average molecular weight is 233 g/mol. The van der Waals surface area contributed by atoms with Crippen LogP contribution in [0.15, 0.2) is 24.3 Å². The molecule has 1 aliphatic heterocycles. The SMILES string of the molecule is CC(C)N1CCCc2ccccc21.CCCC. The molecule has 0 radical (unpaired) electrons. The van der Waals surface area contributed by atoms with E-state index in [1.165, 1.54) is 43.5 Å². The largest absolute Gasteiger partial charge is 0.369 e. The number of rotatable bonds is 2. The van der Waals surface area contributed by atoms with Gasteiger partial charge in [-0.25, -0.2) is 0 Å². The Kier molecular flexibility index (Phi) is 6.10. The zero-order valence-electron chi connectivity index (χ0n) is 11.9. The summed E-state index contributed by atoms with van der Waals surface area (Å²) in [6, 6.07) is 9.40. The summed E-state index contributed by atoms with van der Waals surface area (Å²) in [6.45, 7) is 10.1. The van der Waals surface area contributed by atoms with E-state index in [0.29, 0.717) is 6.04 Å². The predicted octanol–water partition coefficient (Wildman–Crippen LogP) is 4.65. The van der Waals surface area contributed by atoms with Gasteiger partial charge in [0.2, 0.25) is 0 Å². The first-order chi connectivity index (χ1) is 8.20. The van der Waals surface area contributed by atoms with Crippen molar-refractivity contribution in [2.75, 3.05) is 11.4 Å². The Morgan fingerprint density at radius 1 is 1.12 bits per heavy atom. The number of para-hydroxylation sites is 1. The van der Waals surface area contributed by atoms with Crippen molar-refractivity contribution < 1.29 is 0 Å². The summed E-state index contributed by atoms with van der Waals surface area (Å²) in [6.07, 6.45) is 5.19. The maximum absolute atomic E-state index is 2.50. The monoisotopic (exact) mass is 233 g/mol. The van der Waals surface area contributed by atoms with Crippen molar-refractivity contribution in [1.29, 1.82) is 0 Å². The highest BCUT2D eigenvalue weighted by atomic mass is 15.2. The topological polar surface area (TPSA) is 3.24 Å². The third-order valence-corrected chi connectivity index (χ3v) is 3.27. The van der Waals surface area contributed by atoms with Crippen LogP contribution in [0.1, 0.15) is 52.5 Å². The molecule has 0 unspecified atom stereocenters. The van der Waals surface area contributed by atoms with Crippen LogP contribution in [0.2, 0.25) is 0 Å². The molecule has 1 aromatic rings. The Bertz CT molecular complexity index is 315.